The molecule has 0 aliphatic heterocycles. The highest BCUT2D eigenvalue weighted by molar-refractivity contribution is 5.84. The summed E-state index contributed by atoms with van der Waals surface area (Å²) < 4.78 is 0. The van der Waals surface area contributed by atoms with Gasteiger partial charge in [0.2, 0.25) is 0 Å². The molecule has 0 heterocycles. The van der Waals surface area contributed by atoms with Gasteiger partial charge in [-0.05, 0) is 176 Å². The monoisotopic (exact) mass is 802 g/mol. The molecule has 0 aliphatic carbocycles. The zero-order valence-electron chi connectivity index (χ0n) is 35.5. The van der Waals surface area contributed by atoms with E-state index in [0.717, 1.165) is 69.1 Å². The molecule has 0 aliphatic rings. The van der Waals surface area contributed by atoms with Crippen molar-refractivity contribution in [1.82, 2.24) is 0 Å². The number of para-hydroxylation sites is 2. The fourth-order valence-electron chi connectivity index (χ4n) is 8.21. The Balaban J connectivity index is 1.13. The molecule has 302 valence electrons. The maximum atomic E-state index is 2.40. The standard InChI is InChI=1S/C58H50N4/c1-44-16-13-25-56(40-44)59(43-47-19-7-4-8-20-47)48-28-30-51(31-29-48)60(52-32-36-54(37-33-52)61(49-21-9-5-10-22-49)57-26-14-17-45(2)41-57)53-34-38-55(39-35-53)62(50-23-11-6-12-24-50)58-27-15-18-46(3)42-58/h4-42H,43H2,1-3H3. The Morgan fingerprint density at radius 3 is 0.887 bits per heavy atom. The molecule has 9 rings (SSSR count). The van der Waals surface area contributed by atoms with Crippen LogP contribution in [0.1, 0.15) is 22.3 Å². The number of nitrogens with zero attached hydrogens (tertiary/aromatic N) is 4. The predicted octanol–water partition coefficient (Wildman–Crippen LogP) is 16.4. The van der Waals surface area contributed by atoms with E-state index >= 15 is 0 Å². The second kappa shape index (κ2) is 18.2. The van der Waals surface area contributed by atoms with Crippen LogP contribution in [0.3, 0.4) is 0 Å². The Bertz CT molecular complexity index is 2710. The van der Waals surface area contributed by atoms with Gasteiger partial charge in [-0.25, -0.2) is 0 Å². The van der Waals surface area contributed by atoms with Gasteiger partial charge in [0.05, 0.1) is 0 Å². The van der Waals surface area contributed by atoms with Crippen LogP contribution in [0.5, 0.6) is 0 Å². The molecular weight excluding hydrogens is 753 g/mol. The molecule has 4 heteroatoms. The zero-order chi connectivity index (χ0) is 42.3. The molecule has 0 atom stereocenters. The summed E-state index contributed by atoms with van der Waals surface area (Å²) in [4.78, 5) is 9.39. The van der Waals surface area contributed by atoms with E-state index in [0.29, 0.717) is 0 Å². The van der Waals surface area contributed by atoms with E-state index < -0.39 is 0 Å². The van der Waals surface area contributed by atoms with E-state index in [2.05, 4.69) is 277 Å². The Hall–Kier alpha value is -7.82. The molecule has 4 nitrogen and oxygen atoms in total. The number of benzene rings is 9. The predicted molar refractivity (Wildman–Crippen MR) is 263 cm³/mol. The lowest BCUT2D eigenvalue weighted by Gasteiger charge is -2.30. The summed E-state index contributed by atoms with van der Waals surface area (Å²) in [6.07, 6.45) is 0. The largest absolute Gasteiger partial charge is 0.337 e. The van der Waals surface area contributed by atoms with Crippen LogP contribution < -0.4 is 19.6 Å². The lowest BCUT2D eigenvalue weighted by atomic mass is 10.1. The number of hydrogen-bond acceptors (Lipinski definition) is 4. The molecule has 0 fully saturated rings. The van der Waals surface area contributed by atoms with Gasteiger partial charge in [-0.1, -0.05) is 103 Å². The fraction of sp³-hybridized carbons (Fsp3) is 0.0690. The fourth-order valence-corrected chi connectivity index (χ4v) is 8.21. The van der Waals surface area contributed by atoms with Crippen molar-refractivity contribution in [1.29, 1.82) is 0 Å². The van der Waals surface area contributed by atoms with E-state index in [1.165, 1.54) is 22.3 Å². The van der Waals surface area contributed by atoms with Crippen LogP contribution in [-0.4, -0.2) is 0 Å². The lowest BCUT2D eigenvalue weighted by Crippen LogP contribution is -2.17. The molecule has 0 amide bonds. The summed E-state index contributed by atoms with van der Waals surface area (Å²) in [6.45, 7) is 7.20. The van der Waals surface area contributed by atoms with Crippen LogP contribution in [0, 0.1) is 20.8 Å². The molecule has 9 aromatic rings. The van der Waals surface area contributed by atoms with Crippen LogP contribution in [0.4, 0.5) is 62.6 Å². The third kappa shape index (κ3) is 8.86. The molecule has 62 heavy (non-hydrogen) atoms. The smallest absolute Gasteiger partial charge is 0.0481 e. The van der Waals surface area contributed by atoms with E-state index in [-0.39, 0.29) is 0 Å². The minimum absolute atomic E-state index is 0.758. The average molecular weight is 803 g/mol. The summed E-state index contributed by atoms with van der Waals surface area (Å²) in [5.74, 6) is 0. The number of anilines is 11. The van der Waals surface area contributed by atoms with Gasteiger partial charge in [0.1, 0.15) is 0 Å². The summed E-state index contributed by atoms with van der Waals surface area (Å²) in [5.41, 5.74) is 17.0. The maximum Gasteiger partial charge on any atom is 0.0481 e. The van der Waals surface area contributed by atoms with E-state index in [1.807, 2.05) is 0 Å². The summed E-state index contributed by atoms with van der Waals surface area (Å²) in [6, 6.07) is 84.9. The highest BCUT2D eigenvalue weighted by Gasteiger charge is 2.19. The quantitative estimate of drug-likeness (QED) is 0.115. The van der Waals surface area contributed by atoms with Crippen LogP contribution in [0.25, 0.3) is 0 Å². The van der Waals surface area contributed by atoms with Crippen molar-refractivity contribution < 1.29 is 0 Å². The van der Waals surface area contributed by atoms with Crippen LogP contribution in [-0.2, 0) is 6.54 Å². The van der Waals surface area contributed by atoms with E-state index in [9.17, 15) is 0 Å². The maximum absolute atomic E-state index is 2.40. The molecule has 0 bridgehead atoms. The van der Waals surface area contributed by atoms with E-state index in [1.54, 1.807) is 0 Å². The SMILES string of the molecule is Cc1cccc(N(Cc2ccccc2)c2ccc(N(c3ccc(N(c4ccccc4)c4cccc(C)c4)cc3)c3ccc(N(c4ccccc4)c4cccc(C)c4)cc3)cc2)c1. The number of rotatable bonds is 13. The van der Waals surface area contributed by atoms with Crippen LogP contribution >= 0.6 is 0 Å². The minimum atomic E-state index is 0.758. The first-order valence-electron chi connectivity index (χ1n) is 21.3. The minimum Gasteiger partial charge on any atom is -0.337 e. The van der Waals surface area contributed by atoms with Gasteiger partial charge < -0.3 is 19.6 Å². The summed E-state index contributed by atoms with van der Waals surface area (Å²) in [5, 5.41) is 0. The third-order valence-electron chi connectivity index (χ3n) is 11.2. The van der Waals surface area contributed by atoms with Crippen molar-refractivity contribution in [3.05, 3.63) is 259 Å². The van der Waals surface area contributed by atoms with Gasteiger partial charge in [-0.2, -0.15) is 0 Å². The molecule has 0 aromatic heterocycles. The topological polar surface area (TPSA) is 13.0 Å². The van der Waals surface area contributed by atoms with Gasteiger partial charge in [-0.3, -0.25) is 0 Å². The lowest BCUT2D eigenvalue weighted by molar-refractivity contribution is 0.974. The van der Waals surface area contributed by atoms with E-state index in [4.69, 9.17) is 0 Å². The van der Waals surface area contributed by atoms with Gasteiger partial charge in [-0.15, -0.1) is 0 Å². The molecular formula is C58H50N4. The zero-order valence-corrected chi connectivity index (χ0v) is 35.5. The first-order valence-corrected chi connectivity index (χ1v) is 21.3. The first-order chi connectivity index (χ1) is 30.5. The normalized spacial score (nSPS) is 10.9. The van der Waals surface area contributed by atoms with Crippen molar-refractivity contribution >= 4 is 62.6 Å². The molecule has 9 aromatic carbocycles. The third-order valence-corrected chi connectivity index (χ3v) is 11.2. The molecule has 0 spiro atoms. The van der Waals surface area contributed by atoms with Crippen LogP contribution in [0.15, 0.2) is 237 Å². The van der Waals surface area contributed by atoms with Gasteiger partial charge in [0, 0.05) is 69.1 Å². The van der Waals surface area contributed by atoms with Gasteiger partial charge in [0.25, 0.3) is 0 Å². The second-order valence-electron chi connectivity index (χ2n) is 15.8. The Morgan fingerprint density at radius 1 is 0.242 bits per heavy atom. The summed E-state index contributed by atoms with van der Waals surface area (Å²) >= 11 is 0. The van der Waals surface area contributed by atoms with Crippen molar-refractivity contribution in [2.75, 3.05) is 19.6 Å². The number of aryl methyl sites for hydroxylation is 3. The number of hydrogen-bond donors (Lipinski definition) is 0. The highest BCUT2D eigenvalue weighted by atomic mass is 15.2. The van der Waals surface area contributed by atoms with Crippen molar-refractivity contribution in [2.45, 2.75) is 27.3 Å². The van der Waals surface area contributed by atoms with Gasteiger partial charge >= 0.3 is 0 Å². The van der Waals surface area contributed by atoms with Crippen molar-refractivity contribution in [2.24, 2.45) is 0 Å². The Kier molecular flexibility index (Phi) is 11.6. The molecule has 0 saturated carbocycles. The molecule has 0 radical (unpaired) electrons. The highest BCUT2D eigenvalue weighted by Crippen LogP contribution is 2.42. The Morgan fingerprint density at radius 2 is 0.516 bits per heavy atom. The van der Waals surface area contributed by atoms with Crippen molar-refractivity contribution in [3.63, 3.8) is 0 Å². The molecule has 0 unspecified atom stereocenters. The van der Waals surface area contributed by atoms with Crippen molar-refractivity contribution in [3.8, 4) is 0 Å². The molecule has 0 saturated heterocycles. The van der Waals surface area contributed by atoms with Crippen LogP contribution in [0.2, 0.25) is 0 Å². The van der Waals surface area contributed by atoms with Gasteiger partial charge in [0.15, 0.2) is 0 Å². The second-order valence-corrected chi connectivity index (χ2v) is 15.8. The average Bonchev–Trinajstić information content (AvgIpc) is 3.31. The molecule has 0 N–H and O–H groups in total. The first kappa shape index (κ1) is 39.6. The Labute approximate surface area is 366 Å². The summed E-state index contributed by atoms with van der Waals surface area (Å²) in [7, 11) is 0.